The maximum absolute atomic E-state index is 13.2. The van der Waals surface area contributed by atoms with E-state index < -0.39 is 0 Å². The number of rotatable bonds is 10. The summed E-state index contributed by atoms with van der Waals surface area (Å²) >= 11 is 0. The quantitative estimate of drug-likeness (QED) is 0.199. The van der Waals surface area contributed by atoms with Crippen molar-refractivity contribution in [2.24, 2.45) is 35.5 Å². The molecular formula is C46H62N2O4. The highest BCUT2D eigenvalue weighted by atomic mass is 16.5. The standard InChI is InChI=1S/C22H27NO2.C22H29NO2.C2H6/c1-15-9-10-23(13-16-3-4-16)14-21(15)22(24)19-6-5-18-12-20(25-2)8-7-17(18)11-19;1-15-10-11-23(13-16-6-7-16)14-20(15)22(24)18-8-9-19-17(12-18)4-3-5-21(19)25-2;1-2/h5-8,11-12,15-16,21H,3-4,9-10,13-14H2,1-2H3;4,8-9,12,15-16,20H,3,5-7,10-11,13-14H2,1-2H3;1-2H3/t15-,21+;15-,20+;/m00./s1. The Balaban J connectivity index is 0.000000171. The van der Waals surface area contributed by atoms with Crippen molar-refractivity contribution in [1.29, 1.82) is 0 Å². The van der Waals surface area contributed by atoms with E-state index in [9.17, 15) is 9.59 Å². The summed E-state index contributed by atoms with van der Waals surface area (Å²) < 4.78 is 10.8. The lowest BCUT2D eigenvalue weighted by molar-refractivity contribution is 0.0704. The SMILES string of the molecule is CC.COC1=c2ccc(C(=O)[C@@H]3CN(CC4CC4)CC[C@@H]3C)cc2=CCC1.COc1ccc2cc(C(=O)[C@@H]3CN(CC4CC4)CC[C@@H]3C)ccc2c1. The maximum atomic E-state index is 13.2. The Hall–Kier alpha value is -3.48. The number of methoxy groups -OCH3 is 2. The minimum absolute atomic E-state index is 0.128. The molecule has 3 aromatic rings. The number of benzene rings is 3. The molecule has 280 valence electrons. The molecule has 2 saturated heterocycles. The Labute approximate surface area is 312 Å². The van der Waals surface area contributed by atoms with Crippen molar-refractivity contribution in [2.45, 2.75) is 79.1 Å². The van der Waals surface area contributed by atoms with Gasteiger partial charge in [-0.3, -0.25) is 9.59 Å². The highest BCUT2D eigenvalue weighted by Crippen LogP contribution is 2.35. The summed E-state index contributed by atoms with van der Waals surface area (Å²) in [7, 11) is 3.42. The zero-order valence-electron chi connectivity index (χ0n) is 32.7. The summed E-state index contributed by atoms with van der Waals surface area (Å²) in [5.41, 5.74) is 1.72. The third-order valence-electron chi connectivity index (χ3n) is 12.1. The Morgan fingerprint density at radius 2 is 1.21 bits per heavy atom. The summed E-state index contributed by atoms with van der Waals surface area (Å²) in [5, 5.41) is 4.53. The van der Waals surface area contributed by atoms with Crippen LogP contribution in [-0.4, -0.2) is 74.9 Å². The largest absolute Gasteiger partial charge is 0.500 e. The first-order valence-corrected chi connectivity index (χ1v) is 20.3. The number of hydrogen-bond donors (Lipinski definition) is 0. The molecule has 0 unspecified atom stereocenters. The van der Waals surface area contributed by atoms with Crippen LogP contribution in [0.1, 0.15) is 99.8 Å². The van der Waals surface area contributed by atoms with E-state index in [4.69, 9.17) is 9.47 Å². The van der Waals surface area contributed by atoms with Crippen molar-refractivity contribution < 1.29 is 19.1 Å². The number of fused-ring (bicyclic) bond motifs is 2. The molecule has 4 atom stereocenters. The predicted molar refractivity (Wildman–Crippen MR) is 213 cm³/mol. The molecule has 8 rings (SSSR count). The van der Waals surface area contributed by atoms with Crippen LogP contribution >= 0.6 is 0 Å². The minimum Gasteiger partial charge on any atom is -0.500 e. The van der Waals surface area contributed by atoms with Crippen molar-refractivity contribution in [2.75, 3.05) is 53.5 Å². The molecule has 0 radical (unpaired) electrons. The number of carbonyl (C=O) groups is 2. The molecule has 0 amide bonds. The molecule has 3 aliphatic carbocycles. The van der Waals surface area contributed by atoms with Crippen LogP contribution in [0.3, 0.4) is 0 Å². The number of carbonyl (C=O) groups excluding carboxylic acids is 2. The van der Waals surface area contributed by atoms with E-state index >= 15 is 0 Å². The van der Waals surface area contributed by atoms with Crippen LogP contribution in [-0.2, 0) is 4.74 Å². The molecule has 2 heterocycles. The molecule has 0 N–H and O–H groups in total. The minimum atomic E-state index is 0.128. The van der Waals surface area contributed by atoms with Crippen LogP contribution in [0, 0.1) is 35.5 Å². The normalized spacial score (nSPS) is 24.7. The molecule has 3 aromatic carbocycles. The molecule has 6 heteroatoms. The number of likely N-dealkylation sites (tertiary alicyclic amines) is 2. The summed E-state index contributed by atoms with van der Waals surface area (Å²) in [5.74, 6) is 5.52. The molecule has 0 aromatic heterocycles. The van der Waals surface area contributed by atoms with E-state index in [-0.39, 0.29) is 11.8 Å². The van der Waals surface area contributed by atoms with E-state index in [1.165, 1.54) is 38.8 Å². The van der Waals surface area contributed by atoms with E-state index in [2.05, 4.69) is 41.9 Å². The van der Waals surface area contributed by atoms with Crippen LogP contribution in [0.4, 0.5) is 0 Å². The number of Topliss-reactive ketones (excluding diaryl/α,β-unsaturated/α-hetero) is 2. The van der Waals surface area contributed by atoms with Crippen LogP contribution in [0.5, 0.6) is 5.75 Å². The number of ether oxygens (including phenoxy) is 2. The number of ketones is 2. The van der Waals surface area contributed by atoms with Gasteiger partial charge >= 0.3 is 0 Å². The monoisotopic (exact) mass is 706 g/mol. The molecule has 2 saturated carbocycles. The van der Waals surface area contributed by atoms with E-state index in [0.29, 0.717) is 23.4 Å². The summed E-state index contributed by atoms with van der Waals surface area (Å²) in [6.07, 6.45) is 12.0. The van der Waals surface area contributed by atoms with Crippen LogP contribution in [0.2, 0.25) is 0 Å². The second kappa shape index (κ2) is 17.6. The highest BCUT2D eigenvalue weighted by Gasteiger charge is 2.36. The van der Waals surface area contributed by atoms with Gasteiger partial charge in [0.1, 0.15) is 11.5 Å². The average molecular weight is 707 g/mol. The second-order valence-corrected chi connectivity index (χ2v) is 16.0. The Morgan fingerprint density at radius 1 is 0.673 bits per heavy atom. The fourth-order valence-electron chi connectivity index (χ4n) is 8.40. The Bertz CT molecular complexity index is 1830. The van der Waals surface area contributed by atoms with Gasteiger partial charge < -0.3 is 19.3 Å². The smallest absolute Gasteiger partial charge is 0.167 e. The van der Waals surface area contributed by atoms with Gasteiger partial charge in [0, 0.05) is 60.8 Å². The molecule has 6 nitrogen and oxygen atoms in total. The summed E-state index contributed by atoms with van der Waals surface area (Å²) in [6, 6.07) is 18.2. The van der Waals surface area contributed by atoms with Crippen LogP contribution < -0.4 is 15.2 Å². The number of hydrogen-bond acceptors (Lipinski definition) is 6. The second-order valence-electron chi connectivity index (χ2n) is 16.0. The lowest BCUT2D eigenvalue weighted by Crippen LogP contribution is -2.44. The van der Waals surface area contributed by atoms with E-state index in [0.717, 1.165) is 108 Å². The van der Waals surface area contributed by atoms with Gasteiger partial charge in [0.05, 0.1) is 14.2 Å². The lowest BCUT2D eigenvalue weighted by Gasteiger charge is -2.36. The van der Waals surface area contributed by atoms with Crippen molar-refractivity contribution in [3.63, 3.8) is 0 Å². The van der Waals surface area contributed by atoms with Crippen LogP contribution in [0.25, 0.3) is 22.6 Å². The van der Waals surface area contributed by atoms with Crippen molar-refractivity contribution in [3.8, 4) is 5.75 Å². The van der Waals surface area contributed by atoms with E-state index in [1.807, 2.05) is 56.3 Å². The van der Waals surface area contributed by atoms with Gasteiger partial charge in [0.25, 0.3) is 0 Å². The van der Waals surface area contributed by atoms with Gasteiger partial charge in [-0.1, -0.05) is 64.1 Å². The molecule has 52 heavy (non-hydrogen) atoms. The first kappa shape index (κ1) is 38.3. The lowest BCUT2D eigenvalue weighted by atomic mass is 9.81. The fourth-order valence-corrected chi connectivity index (χ4v) is 8.40. The molecule has 0 bridgehead atoms. The van der Waals surface area contributed by atoms with Crippen molar-refractivity contribution in [3.05, 3.63) is 76.2 Å². The Kier molecular flexibility index (Phi) is 12.9. The molecule has 4 fully saturated rings. The molecule has 2 aliphatic heterocycles. The number of piperidine rings is 2. The fraction of sp³-hybridized carbons (Fsp3) is 0.565. The Morgan fingerprint density at radius 3 is 1.77 bits per heavy atom. The topological polar surface area (TPSA) is 59.1 Å². The molecule has 5 aliphatic rings. The third kappa shape index (κ3) is 9.35. The third-order valence-corrected chi connectivity index (χ3v) is 12.1. The summed E-state index contributed by atoms with van der Waals surface area (Å²) in [6.45, 7) is 15.0. The van der Waals surface area contributed by atoms with Gasteiger partial charge in [0.15, 0.2) is 11.6 Å². The summed E-state index contributed by atoms with van der Waals surface area (Å²) in [4.78, 5) is 31.4. The predicted octanol–water partition coefficient (Wildman–Crippen LogP) is 7.99. The first-order chi connectivity index (χ1) is 25.3. The van der Waals surface area contributed by atoms with Crippen molar-refractivity contribution in [1.82, 2.24) is 9.80 Å². The van der Waals surface area contributed by atoms with Gasteiger partial charge in [-0.2, -0.15) is 0 Å². The van der Waals surface area contributed by atoms with Gasteiger partial charge in [-0.25, -0.2) is 0 Å². The van der Waals surface area contributed by atoms with E-state index in [1.54, 1.807) is 14.2 Å². The molecular weight excluding hydrogens is 645 g/mol. The zero-order chi connectivity index (χ0) is 36.8. The molecule has 0 spiro atoms. The van der Waals surface area contributed by atoms with Crippen LogP contribution in [0.15, 0.2) is 54.6 Å². The zero-order valence-corrected chi connectivity index (χ0v) is 32.7. The highest BCUT2D eigenvalue weighted by molar-refractivity contribution is 6.02. The van der Waals surface area contributed by atoms with Crippen molar-refractivity contribution >= 4 is 34.2 Å². The first-order valence-electron chi connectivity index (χ1n) is 20.3. The number of nitrogens with zero attached hydrogens (tertiary/aromatic N) is 2. The van der Waals surface area contributed by atoms with Gasteiger partial charge in [0.2, 0.25) is 0 Å². The average Bonchev–Trinajstić information content (AvgIpc) is 4.14. The van der Waals surface area contributed by atoms with Gasteiger partial charge in [-0.15, -0.1) is 0 Å². The maximum Gasteiger partial charge on any atom is 0.167 e. The van der Waals surface area contributed by atoms with Gasteiger partial charge in [-0.05, 0) is 122 Å².